The third-order valence-electron chi connectivity index (χ3n) is 2.39. The molecule has 0 aromatic heterocycles. The number of halogens is 1. The van der Waals surface area contributed by atoms with Gasteiger partial charge in [0.1, 0.15) is 11.1 Å². The smallest absolute Gasteiger partial charge is 0.216 e. The molecule has 1 rings (SSSR count). The normalized spacial score (nSPS) is 13.8. The Morgan fingerprint density at radius 2 is 2.12 bits per heavy atom. The Hall–Kier alpha value is -0.980. The van der Waals surface area contributed by atoms with Gasteiger partial charge in [-0.3, -0.25) is 0 Å². The van der Waals surface area contributed by atoms with Gasteiger partial charge in [0.15, 0.2) is 0 Å². The zero-order chi connectivity index (χ0) is 12.3. The third-order valence-corrected chi connectivity index (χ3v) is 3.77. The molecular weight excluding hydrogens is 233 g/mol. The van der Waals surface area contributed by atoms with Gasteiger partial charge in [-0.15, -0.1) is 0 Å². The topological polar surface area (TPSA) is 80.4 Å². The van der Waals surface area contributed by atoms with Crippen LogP contribution >= 0.6 is 0 Å². The minimum absolute atomic E-state index is 0.0107. The second-order valence-electron chi connectivity index (χ2n) is 3.46. The van der Waals surface area contributed by atoms with E-state index in [0.717, 1.165) is 0 Å². The number of aliphatic hydroxyl groups is 1. The molecule has 0 aliphatic heterocycles. The highest BCUT2D eigenvalue weighted by Gasteiger charge is 2.25. The maximum Gasteiger partial charge on any atom is 0.216 e. The van der Waals surface area contributed by atoms with E-state index < -0.39 is 27.7 Å². The fourth-order valence-corrected chi connectivity index (χ4v) is 2.60. The van der Waals surface area contributed by atoms with Crippen LogP contribution in [0.1, 0.15) is 29.7 Å². The van der Waals surface area contributed by atoms with Crippen LogP contribution < -0.4 is 5.14 Å². The number of nitrogens with two attached hydrogens (primary N) is 1. The van der Waals surface area contributed by atoms with Crippen LogP contribution in [-0.4, -0.2) is 13.5 Å². The highest BCUT2D eigenvalue weighted by molar-refractivity contribution is 7.89. The van der Waals surface area contributed by atoms with Crippen LogP contribution in [0.5, 0.6) is 0 Å². The Labute approximate surface area is 94.0 Å². The summed E-state index contributed by atoms with van der Waals surface area (Å²) in [5, 5.41) is 12.8. The third kappa shape index (κ3) is 2.58. The van der Waals surface area contributed by atoms with Crippen molar-refractivity contribution < 1.29 is 17.9 Å². The SMILES string of the molecule is CCC(c1cccc(CO)c1F)S(N)(=O)=O. The van der Waals surface area contributed by atoms with E-state index in [1.807, 2.05) is 0 Å². The Morgan fingerprint density at radius 3 is 2.56 bits per heavy atom. The highest BCUT2D eigenvalue weighted by Crippen LogP contribution is 2.27. The molecular formula is C10H14FNO3S. The standard InChI is InChI=1S/C10H14FNO3S/c1-2-9(16(12,14)15)8-5-3-4-7(6-13)10(8)11/h3-5,9,13H,2,6H2,1H3,(H2,12,14,15). The molecule has 6 heteroatoms. The summed E-state index contributed by atoms with van der Waals surface area (Å²) in [5.74, 6) is -0.703. The second-order valence-corrected chi connectivity index (χ2v) is 5.21. The second kappa shape index (κ2) is 4.90. The van der Waals surface area contributed by atoms with Crippen LogP contribution in [-0.2, 0) is 16.6 Å². The summed E-state index contributed by atoms with van der Waals surface area (Å²) in [7, 11) is -3.84. The molecule has 0 spiro atoms. The molecule has 1 unspecified atom stereocenters. The molecule has 0 aliphatic carbocycles. The number of aliphatic hydroxyl groups excluding tert-OH is 1. The first kappa shape index (κ1) is 13.1. The summed E-state index contributed by atoms with van der Waals surface area (Å²) in [6, 6.07) is 4.26. The van der Waals surface area contributed by atoms with Crippen LogP contribution in [0.2, 0.25) is 0 Å². The summed E-state index contributed by atoms with van der Waals surface area (Å²) in [5.41, 5.74) is 0.0798. The maximum atomic E-state index is 13.8. The number of benzene rings is 1. The van der Waals surface area contributed by atoms with Crippen molar-refractivity contribution in [2.24, 2.45) is 5.14 Å². The van der Waals surface area contributed by atoms with Gasteiger partial charge in [-0.1, -0.05) is 25.1 Å². The Bertz CT molecular complexity index is 473. The highest BCUT2D eigenvalue weighted by atomic mass is 32.2. The molecule has 0 saturated carbocycles. The van der Waals surface area contributed by atoms with Gasteiger partial charge in [0.05, 0.1) is 6.61 Å². The van der Waals surface area contributed by atoms with E-state index in [9.17, 15) is 12.8 Å². The quantitative estimate of drug-likeness (QED) is 0.834. The Kier molecular flexibility index (Phi) is 4.01. The first-order valence-electron chi connectivity index (χ1n) is 4.81. The molecule has 0 bridgehead atoms. The number of hydrogen-bond acceptors (Lipinski definition) is 3. The lowest BCUT2D eigenvalue weighted by molar-refractivity contribution is 0.275. The van der Waals surface area contributed by atoms with Gasteiger partial charge < -0.3 is 5.11 Å². The van der Waals surface area contributed by atoms with E-state index in [2.05, 4.69) is 0 Å². The lowest BCUT2D eigenvalue weighted by atomic mass is 10.1. The average Bonchev–Trinajstić information content (AvgIpc) is 2.19. The Morgan fingerprint density at radius 1 is 1.50 bits per heavy atom. The zero-order valence-electron chi connectivity index (χ0n) is 8.85. The molecule has 0 fully saturated rings. The van der Waals surface area contributed by atoms with Crippen molar-refractivity contribution in [3.05, 3.63) is 35.1 Å². The van der Waals surface area contributed by atoms with Gasteiger partial charge in [0.2, 0.25) is 10.0 Å². The van der Waals surface area contributed by atoms with Crippen molar-refractivity contribution in [3.8, 4) is 0 Å². The van der Waals surface area contributed by atoms with E-state index in [1.165, 1.54) is 18.2 Å². The summed E-state index contributed by atoms with van der Waals surface area (Å²) in [6.45, 7) is 1.14. The van der Waals surface area contributed by atoms with E-state index in [0.29, 0.717) is 0 Å². The summed E-state index contributed by atoms with van der Waals surface area (Å²) >= 11 is 0. The van der Waals surface area contributed by atoms with Gasteiger partial charge in [0, 0.05) is 11.1 Å². The van der Waals surface area contributed by atoms with Crippen LogP contribution in [0.3, 0.4) is 0 Å². The molecule has 1 aromatic carbocycles. The van der Waals surface area contributed by atoms with Crippen LogP contribution in [0.4, 0.5) is 4.39 Å². The molecule has 90 valence electrons. The molecule has 0 aliphatic rings. The fraction of sp³-hybridized carbons (Fsp3) is 0.400. The largest absolute Gasteiger partial charge is 0.392 e. The molecule has 0 amide bonds. The molecule has 1 atom stereocenters. The van der Waals surface area contributed by atoms with E-state index in [1.54, 1.807) is 6.92 Å². The van der Waals surface area contributed by atoms with E-state index >= 15 is 0 Å². The van der Waals surface area contributed by atoms with E-state index in [-0.39, 0.29) is 17.5 Å². The minimum atomic E-state index is -3.84. The van der Waals surface area contributed by atoms with Gasteiger partial charge in [0.25, 0.3) is 0 Å². The maximum absolute atomic E-state index is 13.8. The van der Waals surface area contributed by atoms with Crippen molar-refractivity contribution in [3.63, 3.8) is 0 Å². The predicted octanol–water partition coefficient (Wildman–Crippen LogP) is 1.06. The minimum Gasteiger partial charge on any atom is -0.392 e. The molecule has 1 aromatic rings. The van der Waals surface area contributed by atoms with Crippen LogP contribution in [0, 0.1) is 5.82 Å². The molecule has 0 saturated heterocycles. The van der Waals surface area contributed by atoms with Crippen molar-refractivity contribution >= 4 is 10.0 Å². The van der Waals surface area contributed by atoms with Crippen molar-refractivity contribution in [1.29, 1.82) is 0 Å². The molecule has 0 radical (unpaired) electrons. The van der Waals surface area contributed by atoms with Gasteiger partial charge in [-0.25, -0.2) is 17.9 Å². The Balaban J connectivity index is 3.32. The number of primary sulfonamides is 1. The molecule has 16 heavy (non-hydrogen) atoms. The molecule has 0 heterocycles. The first-order chi connectivity index (χ1) is 7.41. The van der Waals surface area contributed by atoms with Crippen LogP contribution in [0.25, 0.3) is 0 Å². The lowest BCUT2D eigenvalue weighted by Crippen LogP contribution is -2.22. The summed E-state index contributed by atoms with van der Waals surface area (Å²) < 4.78 is 36.3. The molecule has 4 nitrogen and oxygen atoms in total. The van der Waals surface area contributed by atoms with Crippen molar-refractivity contribution in [1.82, 2.24) is 0 Å². The number of hydrogen-bond donors (Lipinski definition) is 2. The predicted molar refractivity (Wildman–Crippen MR) is 58.5 cm³/mol. The summed E-state index contributed by atoms with van der Waals surface area (Å²) in [6.07, 6.45) is 0.185. The van der Waals surface area contributed by atoms with Crippen LogP contribution in [0.15, 0.2) is 18.2 Å². The average molecular weight is 247 g/mol. The lowest BCUT2D eigenvalue weighted by Gasteiger charge is -2.15. The monoisotopic (exact) mass is 247 g/mol. The summed E-state index contributed by atoms with van der Waals surface area (Å²) in [4.78, 5) is 0. The number of rotatable bonds is 4. The van der Waals surface area contributed by atoms with Gasteiger partial charge >= 0.3 is 0 Å². The zero-order valence-corrected chi connectivity index (χ0v) is 9.67. The first-order valence-corrected chi connectivity index (χ1v) is 6.42. The van der Waals surface area contributed by atoms with Crippen molar-refractivity contribution in [2.75, 3.05) is 0 Å². The number of sulfonamides is 1. The van der Waals surface area contributed by atoms with E-state index in [4.69, 9.17) is 10.2 Å². The van der Waals surface area contributed by atoms with Gasteiger partial charge in [-0.05, 0) is 6.42 Å². The molecule has 3 N–H and O–H groups in total. The van der Waals surface area contributed by atoms with Crippen molar-refractivity contribution in [2.45, 2.75) is 25.2 Å². The van der Waals surface area contributed by atoms with Gasteiger partial charge in [-0.2, -0.15) is 0 Å². The fourth-order valence-electron chi connectivity index (χ4n) is 1.60.